The molecule has 1 fully saturated rings. The number of fused-ring (bicyclic) bond motifs is 1. The lowest BCUT2D eigenvalue weighted by Crippen LogP contribution is -2.36. The van der Waals surface area contributed by atoms with Crippen molar-refractivity contribution in [3.8, 4) is 0 Å². The normalized spacial score (nSPS) is 21.1. The minimum atomic E-state index is -1.10. The number of nitrogens with one attached hydrogen (secondary N) is 1. The summed E-state index contributed by atoms with van der Waals surface area (Å²) >= 11 is 6.32. The summed E-state index contributed by atoms with van der Waals surface area (Å²) in [7, 11) is 0. The fraction of sp³-hybridized carbons (Fsp3) is 0.407. The first kappa shape index (κ1) is 28.5. The Hall–Kier alpha value is -4.07. The van der Waals surface area contributed by atoms with Gasteiger partial charge >= 0.3 is 11.9 Å². The van der Waals surface area contributed by atoms with Crippen LogP contribution >= 0.6 is 11.6 Å². The summed E-state index contributed by atoms with van der Waals surface area (Å²) in [6.45, 7) is 4.23. The van der Waals surface area contributed by atoms with E-state index in [1.54, 1.807) is 6.07 Å². The highest BCUT2D eigenvalue weighted by Crippen LogP contribution is 2.43. The number of rotatable bonds is 10. The molecule has 41 heavy (non-hydrogen) atoms. The number of aryl methyl sites for hydroxylation is 1. The lowest BCUT2D eigenvalue weighted by Gasteiger charge is -2.23. The molecule has 1 saturated heterocycles. The second kappa shape index (κ2) is 12.2. The summed E-state index contributed by atoms with van der Waals surface area (Å²) < 4.78 is 24.5. The van der Waals surface area contributed by atoms with Gasteiger partial charge < -0.3 is 29.2 Å². The highest BCUT2D eigenvalue weighted by Gasteiger charge is 2.52. The smallest absolute Gasteiger partial charge is 0.303 e. The fourth-order valence-electron chi connectivity index (χ4n) is 4.79. The Morgan fingerprint density at radius 3 is 2.54 bits per heavy atom. The Morgan fingerprint density at radius 1 is 1.15 bits per heavy atom. The van der Waals surface area contributed by atoms with Crippen LogP contribution in [0.4, 0.5) is 5.82 Å². The van der Waals surface area contributed by atoms with Gasteiger partial charge in [0.1, 0.15) is 0 Å². The highest BCUT2D eigenvalue weighted by molar-refractivity contribution is 6.28. The van der Waals surface area contributed by atoms with E-state index < -0.39 is 42.5 Å². The Kier molecular flexibility index (Phi) is 8.47. The highest BCUT2D eigenvalue weighted by atomic mass is 35.5. The van der Waals surface area contributed by atoms with Crippen molar-refractivity contribution in [1.82, 2.24) is 24.7 Å². The molecule has 0 radical (unpaired) electrons. The van der Waals surface area contributed by atoms with Gasteiger partial charge in [-0.25, -0.2) is 4.98 Å². The Labute approximate surface area is 239 Å². The third-order valence-corrected chi connectivity index (χ3v) is 6.74. The number of imidazole rings is 1. The summed E-state index contributed by atoms with van der Waals surface area (Å²) in [5.41, 5.74) is 2.30. The van der Waals surface area contributed by atoms with Crippen molar-refractivity contribution in [1.29, 1.82) is 0 Å². The van der Waals surface area contributed by atoms with Crippen LogP contribution in [0.5, 0.6) is 0 Å². The molecular weight excluding hydrogens is 556 g/mol. The van der Waals surface area contributed by atoms with Gasteiger partial charge in [0.25, 0.3) is 0 Å². The molecule has 216 valence electrons. The third kappa shape index (κ3) is 6.16. The van der Waals surface area contributed by atoms with Gasteiger partial charge in [0.2, 0.25) is 5.28 Å². The van der Waals surface area contributed by atoms with Crippen LogP contribution in [0.25, 0.3) is 11.2 Å². The van der Waals surface area contributed by atoms with Crippen LogP contribution in [-0.2, 0) is 36.6 Å². The second-order valence-corrected chi connectivity index (χ2v) is 9.89. The molecule has 0 saturated carbocycles. The molecule has 13 nitrogen and oxygen atoms in total. The van der Waals surface area contributed by atoms with Crippen LogP contribution in [0.1, 0.15) is 50.1 Å². The number of aromatic nitrogens is 5. The van der Waals surface area contributed by atoms with E-state index in [-0.39, 0.29) is 17.5 Å². The van der Waals surface area contributed by atoms with Crippen LogP contribution in [-0.4, -0.2) is 66.6 Å². The van der Waals surface area contributed by atoms with Crippen molar-refractivity contribution in [3.05, 3.63) is 65.0 Å². The maximum atomic E-state index is 12.2. The predicted octanol–water partition coefficient (Wildman–Crippen LogP) is 3.18. The van der Waals surface area contributed by atoms with Crippen LogP contribution in [0.3, 0.4) is 0 Å². The SMILES string of the molecule is CCc1cc(C2OC(n3cnc4c(NC(CO)Cc5ccccc5)nc(Cl)nc43)C(OC(C)=O)C2OC(C)=O)on1. The quantitative estimate of drug-likeness (QED) is 0.207. The third-order valence-electron chi connectivity index (χ3n) is 6.57. The molecule has 0 spiro atoms. The molecule has 1 aliphatic rings. The summed E-state index contributed by atoms with van der Waals surface area (Å²) in [6.07, 6.45) is -1.56. The number of halogens is 1. The molecule has 1 aromatic carbocycles. The van der Waals surface area contributed by atoms with Gasteiger partial charge in [0.15, 0.2) is 47.3 Å². The molecule has 14 heteroatoms. The Balaban J connectivity index is 1.52. The van der Waals surface area contributed by atoms with Crippen molar-refractivity contribution in [2.45, 2.75) is 64.2 Å². The summed E-state index contributed by atoms with van der Waals surface area (Å²) in [6, 6.07) is 11.0. The van der Waals surface area contributed by atoms with Crippen LogP contribution in [0.15, 0.2) is 47.2 Å². The summed E-state index contributed by atoms with van der Waals surface area (Å²) in [5, 5.41) is 17.2. The molecule has 1 aliphatic heterocycles. The lowest BCUT2D eigenvalue weighted by molar-refractivity contribution is -0.165. The van der Waals surface area contributed by atoms with Gasteiger partial charge in [-0.1, -0.05) is 42.4 Å². The molecule has 5 atom stereocenters. The molecule has 5 rings (SSSR count). The van der Waals surface area contributed by atoms with E-state index in [2.05, 4.69) is 25.4 Å². The van der Waals surface area contributed by atoms with Crippen LogP contribution < -0.4 is 5.32 Å². The average Bonchev–Trinajstić information content (AvgIpc) is 3.66. The minimum absolute atomic E-state index is 0.0870. The molecule has 2 N–H and O–H groups in total. The zero-order chi connectivity index (χ0) is 29.1. The fourth-order valence-corrected chi connectivity index (χ4v) is 4.95. The van der Waals surface area contributed by atoms with Gasteiger partial charge in [0, 0.05) is 19.9 Å². The number of anilines is 1. The van der Waals surface area contributed by atoms with Crippen molar-refractivity contribution >= 4 is 40.5 Å². The van der Waals surface area contributed by atoms with Gasteiger partial charge in [-0.05, 0) is 30.0 Å². The summed E-state index contributed by atoms with van der Waals surface area (Å²) in [4.78, 5) is 37.4. The molecule has 4 aromatic rings. The van der Waals surface area contributed by atoms with E-state index in [0.29, 0.717) is 35.6 Å². The number of carbonyl (C=O) groups is 2. The number of hydrogen-bond acceptors (Lipinski definition) is 12. The van der Waals surface area contributed by atoms with Gasteiger partial charge in [0.05, 0.1) is 24.7 Å². The zero-order valence-corrected chi connectivity index (χ0v) is 23.3. The van der Waals surface area contributed by atoms with Crippen molar-refractivity contribution in [2.75, 3.05) is 11.9 Å². The largest absolute Gasteiger partial charge is 0.455 e. The lowest BCUT2D eigenvalue weighted by atomic mass is 10.1. The van der Waals surface area contributed by atoms with Gasteiger partial charge in [-0.3, -0.25) is 14.2 Å². The van der Waals surface area contributed by atoms with Crippen LogP contribution in [0.2, 0.25) is 5.28 Å². The van der Waals surface area contributed by atoms with Gasteiger partial charge in [-0.2, -0.15) is 9.97 Å². The van der Waals surface area contributed by atoms with E-state index in [9.17, 15) is 14.7 Å². The molecule has 4 heterocycles. The Bertz CT molecular complexity index is 1530. The maximum absolute atomic E-state index is 12.2. The van der Waals surface area contributed by atoms with E-state index in [4.69, 9.17) is 30.3 Å². The number of aliphatic hydroxyl groups excluding tert-OH is 1. The predicted molar refractivity (Wildman–Crippen MR) is 145 cm³/mol. The number of esters is 2. The van der Waals surface area contributed by atoms with Gasteiger partial charge in [-0.15, -0.1) is 0 Å². The average molecular weight is 585 g/mol. The van der Waals surface area contributed by atoms with E-state index in [1.165, 1.54) is 24.7 Å². The number of benzene rings is 1. The standard InChI is InChI=1S/C27H29ClN6O7/c1-4-17-11-19(41-33-17)21-22(38-14(2)36)23(39-15(3)37)26(40-21)34-13-29-20-24(31-27(28)32-25(20)34)30-18(12-35)10-16-8-6-5-7-9-16/h5-9,11,13,18,21-23,26,35H,4,10,12H2,1-3H3,(H,30,31,32). The van der Waals surface area contributed by atoms with E-state index in [0.717, 1.165) is 5.56 Å². The monoisotopic (exact) mass is 584 g/mol. The molecule has 0 bridgehead atoms. The van der Waals surface area contributed by atoms with Crippen molar-refractivity contribution in [2.24, 2.45) is 0 Å². The number of ether oxygens (including phenoxy) is 3. The molecule has 0 amide bonds. The number of nitrogens with zero attached hydrogens (tertiary/aromatic N) is 5. The molecular formula is C27H29ClN6O7. The molecule has 3 aromatic heterocycles. The molecule has 5 unspecified atom stereocenters. The number of aliphatic hydroxyl groups is 1. The minimum Gasteiger partial charge on any atom is -0.455 e. The number of hydrogen-bond donors (Lipinski definition) is 2. The van der Waals surface area contributed by atoms with Crippen molar-refractivity contribution < 1.29 is 33.4 Å². The first-order valence-corrected chi connectivity index (χ1v) is 13.4. The van der Waals surface area contributed by atoms with Crippen LogP contribution in [0, 0.1) is 0 Å². The molecule has 0 aliphatic carbocycles. The zero-order valence-electron chi connectivity index (χ0n) is 22.6. The number of carbonyl (C=O) groups excluding carboxylic acids is 2. The first-order valence-electron chi connectivity index (χ1n) is 13.0. The first-order chi connectivity index (χ1) is 19.8. The second-order valence-electron chi connectivity index (χ2n) is 9.55. The topological polar surface area (TPSA) is 164 Å². The summed E-state index contributed by atoms with van der Waals surface area (Å²) in [5.74, 6) is -0.609. The van der Waals surface area contributed by atoms with E-state index >= 15 is 0 Å². The van der Waals surface area contributed by atoms with E-state index in [1.807, 2.05) is 37.3 Å². The van der Waals surface area contributed by atoms with Crippen molar-refractivity contribution in [3.63, 3.8) is 0 Å². The maximum Gasteiger partial charge on any atom is 0.303 e. The Morgan fingerprint density at radius 2 is 1.88 bits per heavy atom.